The molecule has 0 bridgehead atoms. The van der Waals surface area contributed by atoms with Crippen molar-refractivity contribution in [3.05, 3.63) is 71.6 Å². The maximum atomic E-state index is 12.5. The molecule has 284 valence electrons. The number of fused-ring (bicyclic) bond motifs is 2. The molecule has 3 heterocycles. The number of nitrogens with one attached hydrogen (secondary N) is 6. The molecule has 1 aliphatic rings. The number of carbonyl (C=O) groups excluding carboxylic acids is 3. The lowest BCUT2D eigenvalue weighted by Crippen LogP contribution is -2.49. The van der Waals surface area contributed by atoms with Gasteiger partial charge in [0.25, 0.3) is 0 Å². The van der Waals surface area contributed by atoms with Gasteiger partial charge in [-0.05, 0) is 80.0 Å². The molecule has 1 aliphatic heterocycles. The summed E-state index contributed by atoms with van der Waals surface area (Å²) >= 11 is 0. The van der Waals surface area contributed by atoms with Gasteiger partial charge in [-0.3, -0.25) is 9.59 Å². The Hall–Kier alpha value is -5.17. The van der Waals surface area contributed by atoms with Gasteiger partial charge in [0, 0.05) is 43.5 Å². The Morgan fingerprint density at radius 1 is 0.755 bits per heavy atom. The molecule has 2 aromatic heterocycles. The number of rotatable bonds is 18. The fourth-order valence-corrected chi connectivity index (χ4v) is 6.51. The highest BCUT2D eigenvalue weighted by atomic mass is 16.5. The third-order valence-electron chi connectivity index (χ3n) is 9.55. The number of aromatic nitrogens is 4. The van der Waals surface area contributed by atoms with Gasteiger partial charge in [0.15, 0.2) is 0 Å². The average molecular weight is 727 g/mol. The minimum Gasteiger partial charge on any atom is -0.457 e. The molecular weight excluding hydrogens is 672 g/mol. The van der Waals surface area contributed by atoms with E-state index in [2.05, 4.69) is 76.3 Å². The van der Waals surface area contributed by atoms with Crippen LogP contribution in [0.2, 0.25) is 0 Å². The Morgan fingerprint density at radius 3 is 1.89 bits per heavy atom. The zero-order valence-electron chi connectivity index (χ0n) is 31.7. The van der Waals surface area contributed by atoms with E-state index in [1.165, 1.54) is 7.11 Å². The Morgan fingerprint density at radius 2 is 1.32 bits per heavy atom. The molecule has 6 N–H and O–H groups in total. The number of nitrogens with zero attached hydrogens (tertiary/aromatic N) is 2. The van der Waals surface area contributed by atoms with E-state index in [0.717, 1.165) is 102 Å². The minimum absolute atomic E-state index is 0.0491. The molecule has 53 heavy (non-hydrogen) atoms. The van der Waals surface area contributed by atoms with Crippen LogP contribution in [0.4, 0.5) is 4.79 Å². The minimum atomic E-state index is -0.644. The molecule has 0 saturated heterocycles. The molecule has 1 unspecified atom stereocenters. The van der Waals surface area contributed by atoms with Crippen LogP contribution < -0.4 is 26.0 Å². The topological polar surface area (TPSA) is 175 Å². The summed E-state index contributed by atoms with van der Waals surface area (Å²) in [5, 5.41) is 11.6. The van der Waals surface area contributed by atoms with E-state index >= 15 is 0 Å². The number of hydrogen-bond acceptors (Lipinski definition) is 8. The fourth-order valence-electron chi connectivity index (χ4n) is 6.51. The fraction of sp³-hybridized carbons (Fsp3) is 0.475. The van der Waals surface area contributed by atoms with Crippen molar-refractivity contribution in [2.75, 3.05) is 27.2 Å². The van der Waals surface area contributed by atoms with Crippen LogP contribution in [-0.2, 0) is 33.6 Å². The number of alkyl carbamates (subject to hydrolysis) is 1. The molecule has 13 nitrogen and oxygen atoms in total. The summed E-state index contributed by atoms with van der Waals surface area (Å²) in [6.07, 6.45) is 8.86. The summed E-state index contributed by atoms with van der Waals surface area (Å²) in [6.45, 7) is 8.98. The number of amides is 3. The van der Waals surface area contributed by atoms with Crippen LogP contribution in [0.15, 0.2) is 48.8 Å². The third kappa shape index (κ3) is 10.5. The van der Waals surface area contributed by atoms with Crippen molar-refractivity contribution in [3.8, 4) is 34.0 Å². The van der Waals surface area contributed by atoms with Crippen molar-refractivity contribution in [1.82, 2.24) is 41.2 Å². The summed E-state index contributed by atoms with van der Waals surface area (Å²) in [4.78, 5) is 52.5. The van der Waals surface area contributed by atoms with Crippen LogP contribution in [0.5, 0.6) is 11.5 Å². The molecule has 5 rings (SSSR count). The molecule has 13 heteroatoms. The molecule has 2 atom stereocenters. The molecule has 4 aromatic rings. The van der Waals surface area contributed by atoms with Crippen molar-refractivity contribution in [1.29, 1.82) is 0 Å². The van der Waals surface area contributed by atoms with Gasteiger partial charge in [-0.2, -0.15) is 0 Å². The van der Waals surface area contributed by atoms with E-state index in [9.17, 15) is 14.4 Å². The van der Waals surface area contributed by atoms with Crippen LogP contribution in [0.1, 0.15) is 76.2 Å². The second kappa shape index (κ2) is 18.5. The normalized spacial score (nSPS) is 13.1. The predicted molar refractivity (Wildman–Crippen MR) is 205 cm³/mol. The lowest BCUT2D eigenvalue weighted by atomic mass is 9.96. The number of benzene rings is 2. The van der Waals surface area contributed by atoms with Gasteiger partial charge in [0.05, 0.1) is 36.9 Å². The smallest absolute Gasteiger partial charge is 0.407 e. The highest BCUT2D eigenvalue weighted by Gasteiger charge is 2.24. The van der Waals surface area contributed by atoms with Gasteiger partial charge < -0.3 is 40.7 Å². The molecule has 0 saturated carbocycles. The van der Waals surface area contributed by atoms with Crippen LogP contribution in [0.3, 0.4) is 0 Å². The van der Waals surface area contributed by atoms with Gasteiger partial charge in [0.2, 0.25) is 11.8 Å². The lowest BCUT2D eigenvalue weighted by molar-refractivity contribution is -0.124. The second-order valence-corrected chi connectivity index (χ2v) is 14.3. The van der Waals surface area contributed by atoms with Crippen molar-refractivity contribution < 1.29 is 23.9 Å². The summed E-state index contributed by atoms with van der Waals surface area (Å²) < 4.78 is 11.0. The molecule has 0 aliphatic carbocycles. The van der Waals surface area contributed by atoms with Crippen LogP contribution in [0.25, 0.3) is 22.5 Å². The summed E-state index contributed by atoms with van der Waals surface area (Å²) in [5.41, 5.74) is 6.19. The van der Waals surface area contributed by atoms with Gasteiger partial charge in [0.1, 0.15) is 29.2 Å². The van der Waals surface area contributed by atoms with Gasteiger partial charge in [-0.1, -0.05) is 39.8 Å². The summed E-state index contributed by atoms with van der Waals surface area (Å²) in [5.74, 6) is 3.50. The monoisotopic (exact) mass is 726 g/mol. The highest BCUT2D eigenvalue weighted by Crippen LogP contribution is 2.40. The Labute approximate surface area is 311 Å². The number of unbranched alkanes of at least 4 members (excludes halogenated alkanes) is 2. The Bertz CT molecular complexity index is 1850. The first-order chi connectivity index (χ1) is 25.6. The second-order valence-electron chi connectivity index (χ2n) is 14.3. The van der Waals surface area contributed by atoms with E-state index in [0.29, 0.717) is 13.1 Å². The van der Waals surface area contributed by atoms with Crippen molar-refractivity contribution in [3.63, 3.8) is 0 Å². The van der Waals surface area contributed by atoms with Crippen LogP contribution in [0, 0.1) is 11.8 Å². The SMILES string of the molecule is CN[C@H](C(=O)NCCCCc1ncc(-c2ccc3c(c2)Cc2ccc(-c4cnc(CCCCNC(=O)C(NC(=O)OC)C(C)C)[nH]4)cc2O3)[nH]1)C(C)C. The number of likely N-dealkylation sites (N-methyl/N-ethyl adjacent to an activating group) is 1. The first kappa shape index (κ1) is 39.0. The van der Waals surface area contributed by atoms with Crippen LogP contribution in [-0.4, -0.2) is 77.2 Å². The van der Waals surface area contributed by atoms with Crippen molar-refractivity contribution >= 4 is 17.9 Å². The van der Waals surface area contributed by atoms with E-state index in [4.69, 9.17) is 4.74 Å². The van der Waals surface area contributed by atoms with E-state index in [1.807, 2.05) is 53.2 Å². The number of aromatic amines is 2. The summed E-state index contributed by atoms with van der Waals surface area (Å²) in [7, 11) is 3.10. The predicted octanol–water partition coefficient (Wildman–Crippen LogP) is 5.67. The Kier molecular flexibility index (Phi) is 13.7. The molecule has 3 amide bonds. The van der Waals surface area contributed by atoms with Gasteiger partial charge in [-0.25, -0.2) is 14.8 Å². The van der Waals surface area contributed by atoms with E-state index in [1.54, 1.807) is 0 Å². The largest absolute Gasteiger partial charge is 0.457 e. The maximum Gasteiger partial charge on any atom is 0.407 e. The number of H-pyrrole nitrogens is 2. The maximum absolute atomic E-state index is 12.5. The number of carbonyl (C=O) groups is 3. The number of hydrogen-bond donors (Lipinski definition) is 6. The van der Waals surface area contributed by atoms with Crippen molar-refractivity contribution in [2.24, 2.45) is 11.8 Å². The van der Waals surface area contributed by atoms with E-state index in [-0.39, 0.29) is 29.7 Å². The van der Waals surface area contributed by atoms with Gasteiger partial charge >= 0.3 is 6.09 Å². The first-order valence-corrected chi connectivity index (χ1v) is 18.7. The zero-order chi connectivity index (χ0) is 37.9. The highest BCUT2D eigenvalue weighted by molar-refractivity contribution is 5.85. The lowest BCUT2D eigenvalue weighted by Gasteiger charge is -2.21. The molecule has 2 aromatic carbocycles. The molecular formula is C40H54N8O5. The first-order valence-electron chi connectivity index (χ1n) is 18.7. The Balaban J connectivity index is 1.08. The number of methoxy groups -OCH3 is 1. The molecule has 0 spiro atoms. The summed E-state index contributed by atoms with van der Waals surface area (Å²) in [6, 6.07) is 11.7. The molecule has 0 fully saturated rings. The van der Waals surface area contributed by atoms with Gasteiger partial charge in [-0.15, -0.1) is 0 Å². The zero-order valence-corrected chi connectivity index (χ0v) is 31.7. The van der Waals surface area contributed by atoms with Crippen LogP contribution >= 0.6 is 0 Å². The average Bonchev–Trinajstić information content (AvgIpc) is 3.82. The number of ether oxygens (including phenoxy) is 2. The number of aryl methyl sites for hydroxylation is 2. The van der Waals surface area contributed by atoms with Crippen molar-refractivity contribution in [2.45, 2.75) is 84.7 Å². The quantitative estimate of drug-likeness (QED) is 0.0627. The standard InChI is InChI=1S/C40H54N8O5/c1-24(2)36(41-5)38(49)42-17-9-7-11-34-44-22-30(46-34)26-15-16-32-29(19-26)20-28-14-13-27(21-33(28)53-32)31-23-45-35(47-31)12-8-10-18-43-39(50)37(25(3)4)48-40(51)52-6/h13-16,19,21-25,36-37,41H,7-12,17-18,20H2,1-6H3,(H,42,49)(H,43,50)(H,44,46)(H,45,47)(H,48,51)/t36-,37?/m0/s1. The number of imidazole rings is 2. The third-order valence-corrected chi connectivity index (χ3v) is 9.55. The molecule has 0 radical (unpaired) electrons. The van der Waals surface area contributed by atoms with E-state index < -0.39 is 12.1 Å².